The first-order chi connectivity index (χ1) is 5.33. The van der Waals surface area contributed by atoms with Crippen LogP contribution in [0.1, 0.15) is 34.1 Å². The van der Waals surface area contributed by atoms with Gasteiger partial charge in [0.1, 0.15) is 0 Å². The van der Waals surface area contributed by atoms with Gasteiger partial charge < -0.3 is 11.1 Å². The molecule has 0 aromatic rings. The summed E-state index contributed by atoms with van der Waals surface area (Å²) in [5, 5.41) is 3.06. The highest BCUT2D eigenvalue weighted by Gasteiger charge is 2.11. The van der Waals surface area contributed by atoms with Gasteiger partial charge in [0.05, 0.1) is 6.04 Å². The molecular weight excluding hydrogens is 152 g/mol. The Balaban J connectivity index is 3.51. The molecule has 0 saturated heterocycles. The number of hydrogen-bond acceptors (Lipinski definition) is 2. The zero-order valence-electron chi connectivity index (χ0n) is 8.48. The van der Waals surface area contributed by atoms with Crippen LogP contribution in [0.5, 0.6) is 0 Å². The van der Waals surface area contributed by atoms with E-state index >= 15 is 0 Å². The molecule has 3 heteroatoms. The second-order valence-electron chi connectivity index (χ2n) is 4.39. The van der Waals surface area contributed by atoms with Crippen molar-refractivity contribution in [1.82, 2.24) is 5.32 Å². The van der Waals surface area contributed by atoms with Crippen molar-refractivity contribution in [3.8, 4) is 0 Å². The van der Waals surface area contributed by atoms with Crippen LogP contribution < -0.4 is 11.1 Å². The first-order valence-electron chi connectivity index (χ1n) is 4.35. The lowest BCUT2D eigenvalue weighted by Gasteiger charge is -2.19. The molecule has 1 unspecified atom stereocenters. The van der Waals surface area contributed by atoms with E-state index in [0.717, 1.165) is 13.0 Å². The fraction of sp³-hybridized carbons (Fsp3) is 0.889. The van der Waals surface area contributed by atoms with Gasteiger partial charge in [-0.25, -0.2) is 0 Å². The van der Waals surface area contributed by atoms with Crippen LogP contribution in [-0.4, -0.2) is 18.5 Å². The molecule has 0 aliphatic heterocycles. The lowest BCUT2D eigenvalue weighted by atomic mass is 9.92. The Labute approximate surface area is 74.7 Å². The zero-order valence-corrected chi connectivity index (χ0v) is 8.48. The molecule has 3 nitrogen and oxygen atoms in total. The monoisotopic (exact) mass is 172 g/mol. The van der Waals surface area contributed by atoms with E-state index in [-0.39, 0.29) is 11.9 Å². The molecule has 1 atom stereocenters. The fourth-order valence-corrected chi connectivity index (χ4v) is 0.764. The van der Waals surface area contributed by atoms with Crippen LogP contribution in [0.3, 0.4) is 0 Å². The molecule has 0 spiro atoms. The number of carbonyl (C=O) groups is 1. The zero-order chi connectivity index (χ0) is 9.78. The number of rotatable bonds is 4. The van der Waals surface area contributed by atoms with Gasteiger partial charge in [0.25, 0.3) is 0 Å². The Hall–Kier alpha value is -0.570. The van der Waals surface area contributed by atoms with E-state index in [0.29, 0.717) is 5.41 Å². The summed E-state index contributed by atoms with van der Waals surface area (Å²) in [7, 11) is 0. The van der Waals surface area contributed by atoms with Crippen molar-refractivity contribution in [2.45, 2.75) is 40.2 Å². The Bertz CT molecular complexity index is 149. The van der Waals surface area contributed by atoms with Crippen LogP contribution in [0.4, 0.5) is 0 Å². The van der Waals surface area contributed by atoms with E-state index in [1.165, 1.54) is 0 Å². The summed E-state index contributed by atoms with van der Waals surface area (Å²) < 4.78 is 0. The first-order valence-corrected chi connectivity index (χ1v) is 4.35. The highest BCUT2D eigenvalue weighted by molar-refractivity contribution is 5.79. The maximum atomic E-state index is 10.6. The van der Waals surface area contributed by atoms with Crippen LogP contribution in [0, 0.1) is 5.41 Å². The van der Waals surface area contributed by atoms with Gasteiger partial charge in [-0.05, 0) is 25.3 Å². The number of carbonyl (C=O) groups excluding carboxylic acids is 1. The van der Waals surface area contributed by atoms with Gasteiger partial charge in [0, 0.05) is 0 Å². The van der Waals surface area contributed by atoms with E-state index in [1.807, 2.05) is 0 Å². The summed E-state index contributed by atoms with van der Waals surface area (Å²) >= 11 is 0. The minimum absolute atomic E-state index is 0.215. The van der Waals surface area contributed by atoms with Gasteiger partial charge >= 0.3 is 0 Å². The molecule has 0 fully saturated rings. The molecule has 0 saturated carbocycles. The average Bonchev–Trinajstić information content (AvgIpc) is 1.84. The highest BCUT2D eigenvalue weighted by atomic mass is 16.1. The van der Waals surface area contributed by atoms with E-state index in [1.54, 1.807) is 6.92 Å². The van der Waals surface area contributed by atoms with Gasteiger partial charge in [-0.2, -0.15) is 0 Å². The molecule has 3 N–H and O–H groups in total. The summed E-state index contributed by atoms with van der Waals surface area (Å²) in [6, 6.07) is -0.215. The maximum absolute atomic E-state index is 10.6. The van der Waals surface area contributed by atoms with Crippen molar-refractivity contribution in [3.63, 3.8) is 0 Å². The number of nitrogens with two attached hydrogens (primary N) is 1. The molecule has 0 aliphatic carbocycles. The van der Waals surface area contributed by atoms with E-state index in [9.17, 15) is 4.79 Å². The van der Waals surface area contributed by atoms with Crippen molar-refractivity contribution < 1.29 is 4.79 Å². The van der Waals surface area contributed by atoms with E-state index < -0.39 is 0 Å². The molecule has 12 heavy (non-hydrogen) atoms. The molecule has 0 heterocycles. The summed E-state index contributed by atoms with van der Waals surface area (Å²) in [6.07, 6.45) is 1.05. The Kier molecular flexibility index (Phi) is 4.24. The maximum Gasteiger partial charge on any atom is 0.234 e. The topological polar surface area (TPSA) is 55.1 Å². The molecule has 0 aliphatic rings. The molecule has 0 radical (unpaired) electrons. The predicted octanol–water partition coefficient (Wildman–Crippen LogP) is 0.886. The summed E-state index contributed by atoms with van der Waals surface area (Å²) in [5.41, 5.74) is 5.39. The Morgan fingerprint density at radius 1 is 1.50 bits per heavy atom. The molecule has 0 bridgehead atoms. The predicted molar refractivity (Wildman–Crippen MR) is 50.7 cm³/mol. The second kappa shape index (κ2) is 4.45. The van der Waals surface area contributed by atoms with Gasteiger partial charge in [-0.15, -0.1) is 0 Å². The van der Waals surface area contributed by atoms with Gasteiger partial charge in [0.15, 0.2) is 0 Å². The third-order valence-corrected chi connectivity index (χ3v) is 1.75. The third-order valence-electron chi connectivity index (χ3n) is 1.75. The standard InChI is InChI=1S/C9H20N2O/c1-7(8(10)12)11-6-5-9(2,3)4/h7,11H,5-6H2,1-4H3,(H2,10,12). The molecule has 72 valence electrons. The minimum Gasteiger partial charge on any atom is -0.368 e. The van der Waals surface area contributed by atoms with Crippen molar-refractivity contribution in [2.75, 3.05) is 6.54 Å². The average molecular weight is 172 g/mol. The smallest absolute Gasteiger partial charge is 0.234 e. The first kappa shape index (κ1) is 11.4. The van der Waals surface area contributed by atoms with E-state index in [4.69, 9.17) is 5.73 Å². The summed E-state index contributed by atoms with van der Waals surface area (Å²) in [4.78, 5) is 10.6. The van der Waals surface area contributed by atoms with Crippen LogP contribution in [0.25, 0.3) is 0 Å². The van der Waals surface area contributed by atoms with Gasteiger partial charge in [-0.1, -0.05) is 20.8 Å². The van der Waals surface area contributed by atoms with Crippen LogP contribution >= 0.6 is 0 Å². The van der Waals surface area contributed by atoms with E-state index in [2.05, 4.69) is 26.1 Å². The lowest BCUT2D eigenvalue weighted by molar-refractivity contribution is -0.119. The fourth-order valence-electron chi connectivity index (χ4n) is 0.764. The quantitative estimate of drug-likeness (QED) is 0.661. The summed E-state index contributed by atoms with van der Waals surface area (Å²) in [6.45, 7) is 9.13. The van der Waals surface area contributed by atoms with Crippen molar-refractivity contribution in [3.05, 3.63) is 0 Å². The van der Waals surface area contributed by atoms with Gasteiger partial charge in [0.2, 0.25) is 5.91 Å². The SMILES string of the molecule is CC(NCCC(C)(C)C)C(N)=O. The van der Waals surface area contributed by atoms with Crippen molar-refractivity contribution >= 4 is 5.91 Å². The number of primary amides is 1. The lowest BCUT2D eigenvalue weighted by Crippen LogP contribution is -2.39. The molecular formula is C9H20N2O. The summed E-state index contributed by atoms with van der Waals surface area (Å²) in [5.74, 6) is -0.288. The van der Waals surface area contributed by atoms with Crippen LogP contribution in [0.15, 0.2) is 0 Å². The number of nitrogens with one attached hydrogen (secondary N) is 1. The molecule has 0 aromatic carbocycles. The van der Waals surface area contributed by atoms with Crippen LogP contribution in [0.2, 0.25) is 0 Å². The molecule has 0 rings (SSSR count). The Morgan fingerprint density at radius 2 is 2.00 bits per heavy atom. The Morgan fingerprint density at radius 3 is 2.33 bits per heavy atom. The largest absolute Gasteiger partial charge is 0.368 e. The molecule has 1 amide bonds. The third kappa shape index (κ3) is 6.16. The van der Waals surface area contributed by atoms with Crippen molar-refractivity contribution in [1.29, 1.82) is 0 Å². The van der Waals surface area contributed by atoms with Crippen molar-refractivity contribution in [2.24, 2.45) is 11.1 Å². The molecule has 0 aromatic heterocycles. The second-order valence-corrected chi connectivity index (χ2v) is 4.39. The highest BCUT2D eigenvalue weighted by Crippen LogP contribution is 2.16. The normalized spacial score (nSPS) is 14.3. The van der Waals surface area contributed by atoms with Gasteiger partial charge in [-0.3, -0.25) is 4.79 Å². The number of amides is 1. The number of hydrogen-bond donors (Lipinski definition) is 2. The minimum atomic E-state index is -0.288. The van der Waals surface area contributed by atoms with Crippen LogP contribution in [-0.2, 0) is 4.79 Å².